The van der Waals surface area contributed by atoms with Crippen molar-refractivity contribution in [2.45, 2.75) is 6.92 Å². The van der Waals surface area contributed by atoms with E-state index in [0.29, 0.717) is 22.7 Å². The molecular weight excluding hydrogens is 250 g/mol. The molecule has 96 valence electrons. The zero-order valence-corrected chi connectivity index (χ0v) is 10.1. The Balaban J connectivity index is 2.30. The summed E-state index contributed by atoms with van der Waals surface area (Å²) in [5.41, 5.74) is 8.22. The lowest BCUT2D eigenvalue weighted by Gasteiger charge is -2.06. The Hall–Kier alpha value is -2.50. The highest BCUT2D eigenvalue weighted by molar-refractivity contribution is 5.63. The molecule has 0 bridgehead atoms. The van der Waals surface area contributed by atoms with Gasteiger partial charge in [-0.2, -0.15) is 0 Å². The fraction of sp³-hybridized carbons (Fsp3) is 0.0769. The third-order valence-corrected chi connectivity index (χ3v) is 3.03. The molecule has 3 aromatic rings. The fourth-order valence-corrected chi connectivity index (χ4v) is 1.97. The molecule has 4 nitrogen and oxygen atoms in total. The van der Waals surface area contributed by atoms with Crippen molar-refractivity contribution in [3.8, 4) is 11.4 Å². The SMILES string of the molecule is Cc1c(N)ccc2nnc(-c3ccc(F)c(F)c3)n12. The molecule has 0 aliphatic heterocycles. The molecule has 0 fully saturated rings. The van der Waals surface area contributed by atoms with Gasteiger partial charge in [0, 0.05) is 11.3 Å². The number of aromatic nitrogens is 3. The zero-order valence-electron chi connectivity index (χ0n) is 10.1. The van der Waals surface area contributed by atoms with Gasteiger partial charge < -0.3 is 5.73 Å². The summed E-state index contributed by atoms with van der Waals surface area (Å²) >= 11 is 0. The van der Waals surface area contributed by atoms with E-state index >= 15 is 0 Å². The Morgan fingerprint density at radius 2 is 1.84 bits per heavy atom. The van der Waals surface area contributed by atoms with E-state index in [1.165, 1.54) is 6.07 Å². The highest BCUT2D eigenvalue weighted by atomic mass is 19.2. The van der Waals surface area contributed by atoms with Crippen LogP contribution >= 0.6 is 0 Å². The normalized spacial score (nSPS) is 11.1. The fourth-order valence-electron chi connectivity index (χ4n) is 1.97. The lowest BCUT2D eigenvalue weighted by molar-refractivity contribution is 0.509. The largest absolute Gasteiger partial charge is 0.397 e. The molecule has 19 heavy (non-hydrogen) atoms. The maximum atomic E-state index is 13.3. The maximum Gasteiger partial charge on any atom is 0.168 e. The van der Waals surface area contributed by atoms with Gasteiger partial charge in [-0.1, -0.05) is 0 Å². The molecular formula is C13H10F2N4. The first-order chi connectivity index (χ1) is 9.08. The van der Waals surface area contributed by atoms with E-state index in [9.17, 15) is 8.78 Å². The summed E-state index contributed by atoms with van der Waals surface area (Å²) in [6, 6.07) is 7.06. The average Bonchev–Trinajstić information content (AvgIpc) is 2.82. The van der Waals surface area contributed by atoms with E-state index in [1.54, 1.807) is 16.5 Å². The second-order valence-corrected chi connectivity index (χ2v) is 4.22. The van der Waals surface area contributed by atoms with E-state index < -0.39 is 11.6 Å². The molecule has 0 spiro atoms. The number of pyridine rings is 1. The minimum Gasteiger partial charge on any atom is -0.397 e. The summed E-state index contributed by atoms with van der Waals surface area (Å²) < 4.78 is 28.0. The minimum absolute atomic E-state index is 0.429. The predicted molar refractivity (Wildman–Crippen MR) is 67.5 cm³/mol. The topological polar surface area (TPSA) is 56.2 Å². The van der Waals surface area contributed by atoms with E-state index in [1.807, 2.05) is 6.92 Å². The number of fused-ring (bicyclic) bond motifs is 1. The molecule has 6 heteroatoms. The smallest absolute Gasteiger partial charge is 0.168 e. The van der Waals surface area contributed by atoms with Crippen LogP contribution in [0.3, 0.4) is 0 Å². The monoisotopic (exact) mass is 260 g/mol. The van der Waals surface area contributed by atoms with Crippen molar-refractivity contribution in [1.82, 2.24) is 14.6 Å². The van der Waals surface area contributed by atoms with Gasteiger partial charge in [0.25, 0.3) is 0 Å². The van der Waals surface area contributed by atoms with Crippen LogP contribution in [0.2, 0.25) is 0 Å². The first kappa shape index (κ1) is 11.6. The predicted octanol–water partition coefficient (Wildman–Crippen LogP) is 2.57. The molecule has 0 atom stereocenters. The van der Waals surface area contributed by atoms with Gasteiger partial charge >= 0.3 is 0 Å². The number of halogens is 2. The lowest BCUT2D eigenvalue weighted by atomic mass is 10.2. The number of hydrogen-bond donors (Lipinski definition) is 1. The van der Waals surface area contributed by atoms with Crippen LogP contribution in [-0.4, -0.2) is 14.6 Å². The molecule has 0 aliphatic rings. The molecule has 0 radical (unpaired) electrons. The van der Waals surface area contributed by atoms with Crippen LogP contribution in [0.25, 0.3) is 17.0 Å². The van der Waals surface area contributed by atoms with Crippen molar-refractivity contribution in [2.24, 2.45) is 0 Å². The molecule has 0 aliphatic carbocycles. The van der Waals surface area contributed by atoms with Gasteiger partial charge in [0.15, 0.2) is 23.1 Å². The third-order valence-electron chi connectivity index (χ3n) is 3.03. The van der Waals surface area contributed by atoms with Crippen molar-refractivity contribution in [3.05, 3.63) is 47.7 Å². The molecule has 2 heterocycles. The molecule has 0 amide bonds. The van der Waals surface area contributed by atoms with Crippen LogP contribution in [0.5, 0.6) is 0 Å². The van der Waals surface area contributed by atoms with Gasteiger partial charge in [-0.25, -0.2) is 8.78 Å². The van der Waals surface area contributed by atoms with Crippen LogP contribution in [-0.2, 0) is 0 Å². The number of anilines is 1. The third kappa shape index (κ3) is 1.72. The van der Waals surface area contributed by atoms with Crippen LogP contribution in [0.1, 0.15) is 5.69 Å². The number of benzene rings is 1. The zero-order chi connectivity index (χ0) is 13.6. The number of aryl methyl sites for hydroxylation is 1. The van der Waals surface area contributed by atoms with Crippen LogP contribution in [0, 0.1) is 18.6 Å². The van der Waals surface area contributed by atoms with Crippen molar-refractivity contribution in [1.29, 1.82) is 0 Å². The maximum absolute atomic E-state index is 13.3. The molecule has 2 N–H and O–H groups in total. The summed E-state index contributed by atoms with van der Waals surface area (Å²) in [7, 11) is 0. The second kappa shape index (κ2) is 4.01. The van der Waals surface area contributed by atoms with E-state index in [2.05, 4.69) is 10.2 Å². The summed E-state index contributed by atoms with van der Waals surface area (Å²) in [4.78, 5) is 0. The number of hydrogen-bond acceptors (Lipinski definition) is 3. The molecule has 1 aromatic carbocycles. The number of nitrogens with zero attached hydrogens (tertiary/aromatic N) is 3. The quantitative estimate of drug-likeness (QED) is 0.731. The Labute approximate surface area is 107 Å². The van der Waals surface area contributed by atoms with Crippen molar-refractivity contribution in [2.75, 3.05) is 5.73 Å². The Morgan fingerprint density at radius 1 is 1.05 bits per heavy atom. The van der Waals surface area contributed by atoms with Gasteiger partial charge in [-0.05, 0) is 37.3 Å². The highest BCUT2D eigenvalue weighted by Crippen LogP contribution is 2.23. The number of nitrogen functional groups attached to an aromatic ring is 1. The molecule has 2 aromatic heterocycles. The van der Waals surface area contributed by atoms with E-state index in [-0.39, 0.29) is 0 Å². The van der Waals surface area contributed by atoms with Gasteiger partial charge in [0.2, 0.25) is 0 Å². The van der Waals surface area contributed by atoms with Gasteiger partial charge in [0.05, 0.1) is 5.69 Å². The van der Waals surface area contributed by atoms with Crippen LogP contribution in [0.4, 0.5) is 14.5 Å². The van der Waals surface area contributed by atoms with E-state index in [4.69, 9.17) is 5.73 Å². The first-order valence-electron chi connectivity index (χ1n) is 5.63. The Bertz CT molecular complexity index is 780. The van der Waals surface area contributed by atoms with Crippen molar-refractivity contribution < 1.29 is 8.78 Å². The summed E-state index contributed by atoms with van der Waals surface area (Å²) in [5, 5.41) is 8.00. The average molecular weight is 260 g/mol. The molecule has 0 saturated heterocycles. The van der Waals surface area contributed by atoms with Crippen molar-refractivity contribution in [3.63, 3.8) is 0 Å². The van der Waals surface area contributed by atoms with Crippen LogP contribution < -0.4 is 5.73 Å². The van der Waals surface area contributed by atoms with Gasteiger partial charge in [0.1, 0.15) is 0 Å². The number of rotatable bonds is 1. The Morgan fingerprint density at radius 3 is 2.58 bits per heavy atom. The molecule has 3 rings (SSSR count). The van der Waals surface area contributed by atoms with Crippen LogP contribution in [0.15, 0.2) is 30.3 Å². The van der Waals surface area contributed by atoms with Gasteiger partial charge in [-0.15, -0.1) is 10.2 Å². The first-order valence-corrected chi connectivity index (χ1v) is 5.63. The summed E-state index contributed by atoms with van der Waals surface area (Å²) in [6.45, 7) is 1.81. The molecule has 0 unspecified atom stereocenters. The Kier molecular flexibility index (Phi) is 2.45. The van der Waals surface area contributed by atoms with Crippen molar-refractivity contribution >= 4 is 11.3 Å². The standard InChI is InChI=1S/C13H10F2N4/c1-7-11(16)4-5-12-17-18-13(19(7)12)8-2-3-9(14)10(15)6-8/h2-6H,16H2,1H3. The number of nitrogens with two attached hydrogens (primary N) is 1. The summed E-state index contributed by atoms with van der Waals surface area (Å²) in [5.74, 6) is -1.39. The van der Waals surface area contributed by atoms with E-state index in [0.717, 1.165) is 17.8 Å². The lowest BCUT2D eigenvalue weighted by Crippen LogP contribution is -2.00. The summed E-state index contributed by atoms with van der Waals surface area (Å²) in [6.07, 6.45) is 0. The van der Waals surface area contributed by atoms with Gasteiger partial charge in [-0.3, -0.25) is 4.40 Å². The second-order valence-electron chi connectivity index (χ2n) is 4.22. The molecule has 0 saturated carbocycles. The minimum atomic E-state index is -0.921. The highest BCUT2D eigenvalue weighted by Gasteiger charge is 2.13.